The highest BCUT2D eigenvalue weighted by atomic mass is 16.2. The average Bonchev–Trinajstić information content (AvgIpc) is 3.80. The molecule has 2 aromatic heterocycles. The molecule has 1 aliphatic rings. The van der Waals surface area contributed by atoms with Crippen LogP contribution in [0.3, 0.4) is 0 Å². The standard InChI is InChI=1S/C44H40N4O2/c49-43(47-33-16-6-2-7-17-33)42(31-14-4-1-5-15-31)48(34-18-8-3-9-19-34)44(50)32-26-24-30(25-27-32)41(37-28-45-39-22-12-10-20-35(37)39)38-29-46-40-23-13-11-21-36(38)40/h1,3-5,8-15,18-29,33,41-42,45-46H,2,6-7,16-17H2,(H,47,49). The second-order valence-electron chi connectivity index (χ2n) is 13.3. The van der Waals surface area contributed by atoms with Gasteiger partial charge in [-0.15, -0.1) is 0 Å². The number of carbonyl (C=O) groups excluding carboxylic acids is 2. The van der Waals surface area contributed by atoms with Crippen molar-refractivity contribution in [3.63, 3.8) is 0 Å². The number of aromatic nitrogens is 2. The Labute approximate surface area is 292 Å². The van der Waals surface area contributed by atoms with Crippen molar-refractivity contribution in [3.05, 3.63) is 174 Å². The van der Waals surface area contributed by atoms with Crippen LogP contribution in [0.25, 0.3) is 21.8 Å². The molecule has 0 bridgehead atoms. The quantitative estimate of drug-likeness (QED) is 0.145. The van der Waals surface area contributed by atoms with Crippen LogP contribution in [0.2, 0.25) is 0 Å². The fourth-order valence-corrected chi connectivity index (χ4v) is 7.70. The number of carbonyl (C=O) groups is 2. The largest absolute Gasteiger partial charge is 0.361 e. The molecule has 3 N–H and O–H groups in total. The number of H-pyrrole nitrogens is 2. The van der Waals surface area contributed by atoms with E-state index in [4.69, 9.17) is 0 Å². The number of hydrogen-bond donors (Lipinski definition) is 3. The molecule has 1 saturated carbocycles. The summed E-state index contributed by atoms with van der Waals surface area (Å²) in [6.07, 6.45) is 9.52. The van der Waals surface area contributed by atoms with E-state index in [1.807, 2.05) is 84.9 Å². The Hall–Kier alpha value is -5.88. The molecule has 6 heteroatoms. The maximum absolute atomic E-state index is 14.8. The maximum Gasteiger partial charge on any atom is 0.259 e. The van der Waals surface area contributed by atoms with Gasteiger partial charge in [0.05, 0.1) is 0 Å². The van der Waals surface area contributed by atoms with Gasteiger partial charge in [0.2, 0.25) is 5.91 Å². The third kappa shape index (κ3) is 6.09. The molecule has 5 aromatic carbocycles. The van der Waals surface area contributed by atoms with E-state index in [0.29, 0.717) is 11.3 Å². The fourth-order valence-electron chi connectivity index (χ4n) is 7.70. The van der Waals surface area contributed by atoms with E-state index in [1.165, 1.54) is 17.5 Å². The Bertz CT molecular complexity index is 2160. The van der Waals surface area contributed by atoms with Crippen LogP contribution < -0.4 is 10.2 Å². The second-order valence-corrected chi connectivity index (χ2v) is 13.3. The molecule has 50 heavy (non-hydrogen) atoms. The van der Waals surface area contributed by atoms with Crippen LogP contribution in [-0.4, -0.2) is 27.8 Å². The SMILES string of the molecule is O=C(NC1CCCCC1)C(c1ccccc1)N(C(=O)c1ccc(C(c2c[nH]c3ccccc23)c2c[nH]c3ccccc23)cc1)c1ccccc1. The van der Waals surface area contributed by atoms with Crippen molar-refractivity contribution in [1.29, 1.82) is 0 Å². The van der Waals surface area contributed by atoms with Crippen LogP contribution in [0, 0.1) is 0 Å². The lowest BCUT2D eigenvalue weighted by Crippen LogP contribution is -2.47. The Morgan fingerprint density at radius 1 is 0.600 bits per heavy atom. The van der Waals surface area contributed by atoms with Crippen molar-refractivity contribution in [1.82, 2.24) is 15.3 Å². The summed E-state index contributed by atoms with van der Waals surface area (Å²) in [5, 5.41) is 5.64. The summed E-state index contributed by atoms with van der Waals surface area (Å²) >= 11 is 0. The number of nitrogens with one attached hydrogen (secondary N) is 3. The lowest BCUT2D eigenvalue weighted by Gasteiger charge is -2.33. The van der Waals surface area contributed by atoms with Gasteiger partial charge in [-0.1, -0.05) is 116 Å². The molecule has 248 valence electrons. The van der Waals surface area contributed by atoms with Crippen LogP contribution in [0.1, 0.15) is 76.7 Å². The van der Waals surface area contributed by atoms with Gasteiger partial charge in [0, 0.05) is 57.4 Å². The lowest BCUT2D eigenvalue weighted by atomic mass is 9.84. The number of fused-ring (bicyclic) bond motifs is 2. The molecule has 2 heterocycles. The van der Waals surface area contributed by atoms with Gasteiger partial charge in [0.15, 0.2) is 0 Å². The van der Waals surface area contributed by atoms with Crippen molar-refractivity contribution < 1.29 is 9.59 Å². The fraction of sp³-hybridized carbons (Fsp3) is 0.182. The topological polar surface area (TPSA) is 81.0 Å². The molecule has 7 aromatic rings. The third-order valence-corrected chi connectivity index (χ3v) is 10.2. The minimum absolute atomic E-state index is 0.0879. The Morgan fingerprint density at radius 3 is 1.74 bits per heavy atom. The van der Waals surface area contributed by atoms with E-state index in [9.17, 15) is 9.59 Å². The number of hydrogen-bond acceptors (Lipinski definition) is 2. The van der Waals surface area contributed by atoms with Crippen LogP contribution in [0.4, 0.5) is 5.69 Å². The van der Waals surface area contributed by atoms with Gasteiger partial charge in [0.25, 0.3) is 5.91 Å². The smallest absolute Gasteiger partial charge is 0.259 e. The zero-order valence-electron chi connectivity index (χ0n) is 27.9. The summed E-state index contributed by atoms with van der Waals surface area (Å²) in [6, 6.07) is 43.1. The zero-order valence-corrected chi connectivity index (χ0v) is 27.9. The normalized spacial score (nSPS) is 14.2. The molecule has 0 spiro atoms. The highest BCUT2D eigenvalue weighted by Crippen LogP contribution is 2.40. The molecular weight excluding hydrogens is 617 g/mol. The lowest BCUT2D eigenvalue weighted by molar-refractivity contribution is -0.123. The Balaban J connectivity index is 1.20. The molecule has 1 unspecified atom stereocenters. The Morgan fingerprint density at radius 2 is 1.14 bits per heavy atom. The highest BCUT2D eigenvalue weighted by Gasteiger charge is 2.35. The van der Waals surface area contributed by atoms with E-state index >= 15 is 0 Å². The molecule has 1 atom stereocenters. The van der Waals surface area contributed by atoms with E-state index in [1.54, 1.807) is 4.90 Å². The second kappa shape index (κ2) is 13.9. The third-order valence-electron chi connectivity index (χ3n) is 10.2. The number of aromatic amines is 2. The van der Waals surface area contributed by atoms with Gasteiger partial charge < -0.3 is 15.3 Å². The maximum atomic E-state index is 14.8. The van der Waals surface area contributed by atoms with Crippen molar-refractivity contribution in [2.75, 3.05) is 4.90 Å². The first kappa shape index (κ1) is 31.4. The Kier molecular flexibility index (Phi) is 8.74. The van der Waals surface area contributed by atoms with Gasteiger partial charge in [-0.3, -0.25) is 14.5 Å². The van der Waals surface area contributed by atoms with Crippen LogP contribution in [0.5, 0.6) is 0 Å². The van der Waals surface area contributed by atoms with E-state index < -0.39 is 6.04 Å². The van der Waals surface area contributed by atoms with Crippen LogP contribution in [0.15, 0.2) is 146 Å². The number of nitrogens with zero attached hydrogens (tertiary/aromatic N) is 1. The molecule has 0 radical (unpaired) electrons. The average molecular weight is 657 g/mol. The van der Waals surface area contributed by atoms with E-state index in [2.05, 4.69) is 76.2 Å². The number of amides is 2. The highest BCUT2D eigenvalue weighted by molar-refractivity contribution is 6.10. The number of para-hydroxylation sites is 3. The summed E-state index contributed by atoms with van der Waals surface area (Å²) < 4.78 is 0. The molecule has 1 aliphatic carbocycles. The zero-order chi connectivity index (χ0) is 33.9. The monoisotopic (exact) mass is 656 g/mol. The van der Waals surface area contributed by atoms with Crippen LogP contribution in [-0.2, 0) is 4.79 Å². The summed E-state index contributed by atoms with van der Waals surface area (Å²) in [4.78, 5) is 37.7. The molecule has 1 fully saturated rings. The molecular formula is C44H40N4O2. The molecule has 6 nitrogen and oxygen atoms in total. The van der Waals surface area contributed by atoms with Crippen molar-refractivity contribution in [2.45, 2.75) is 50.1 Å². The van der Waals surface area contributed by atoms with Crippen molar-refractivity contribution in [2.24, 2.45) is 0 Å². The van der Waals surface area contributed by atoms with E-state index in [0.717, 1.165) is 58.6 Å². The molecule has 0 saturated heterocycles. The van der Waals surface area contributed by atoms with Gasteiger partial charge in [-0.2, -0.15) is 0 Å². The van der Waals surface area contributed by atoms with Gasteiger partial charge in [0.1, 0.15) is 6.04 Å². The minimum atomic E-state index is -0.835. The predicted molar refractivity (Wildman–Crippen MR) is 201 cm³/mol. The summed E-state index contributed by atoms with van der Waals surface area (Å²) in [6.45, 7) is 0. The minimum Gasteiger partial charge on any atom is -0.361 e. The van der Waals surface area contributed by atoms with Crippen molar-refractivity contribution in [3.8, 4) is 0 Å². The first-order valence-electron chi connectivity index (χ1n) is 17.6. The van der Waals surface area contributed by atoms with Gasteiger partial charge >= 0.3 is 0 Å². The summed E-state index contributed by atoms with van der Waals surface area (Å²) in [7, 11) is 0. The van der Waals surface area contributed by atoms with Crippen LogP contribution >= 0.6 is 0 Å². The van der Waals surface area contributed by atoms with Crippen molar-refractivity contribution >= 4 is 39.3 Å². The summed E-state index contributed by atoms with van der Waals surface area (Å²) in [5.74, 6) is -0.475. The first-order valence-corrected chi connectivity index (χ1v) is 17.6. The number of benzene rings is 5. The summed E-state index contributed by atoms with van der Waals surface area (Å²) in [5.41, 5.74) is 7.51. The number of anilines is 1. The van der Waals surface area contributed by atoms with Gasteiger partial charge in [-0.05, 0) is 71.5 Å². The molecule has 8 rings (SSSR count). The predicted octanol–water partition coefficient (Wildman–Crippen LogP) is 9.67. The molecule has 0 aliphatic heterocycles. The molecule has 2 amide bonds. The van der Waals surface area contributed by atoms with E-state index in [-0.39, 0.29) is 23.8 Å². The number of rotatable bonds is 9. The van der Waals surface area contributed by atoms with Gasteiger partial charge in [-0.25, -0.2) is 0 Å². The first-order chi connectivity index (χ1) is 24.7.